The molecule has 1 N–H and O–H groups in total. The Kier molecular flexibility index (Phi) is 7.77. The molecule has 9 heteroatoms. The van der Waals surface area contributed by atoms with E-state index in [1.165, 1.54) is 11.0 Å². The fourth-order valence-electron chi connectivity index (χ4n) is 5.10. The number of nitrogens with zero attached hydrogens (tertiary/aromatic N) is 2. The van der Waals surface area contributed by atoms with Crippen molar-refractivity contribution in [2.75, 3.05) is 13.2 Å². The topological polar surface area (TPSA) is 96.4 Å². The maximum absolute atomic E-state index is 13.2. The van der Waals surface area contributed by atoms with Crippen molar-refractivity contribution in [1.29, 1.82) is 0 Å². The van der Waals surface area contributed by atoms with Gasteiger partial charge in [-0.25, -0.2) is 9.59 Å². The molecule has 0 aromatic carbocycles. The van der Waals surface area contributed by atoms with Crippen LogP contribution in [0.15, 0.2) is 47.7 Å². The van der Waals surface area contributed by atoms with Gasteiger partial charge in [-0.05, 0) is 56.0 Å². The predicted molar refractivity (Wildman–Crippen MR) is 141 cm³/mol. The number of amides is 2. The largest absolute Gasteiger partial charge is 0.477 e. The quantitative estimate of drug-likeness (QED) is 0.281. The molecule has 4 atom stereocenters. The van der Waals surface area contributed by atoms with Gasteiger partial charge in [-0.2, -0.15) is 0 Å². The van der Waals surface area contributed by atoms with Crippen molar-refractivity contribution in [2.24, 2.45) is 5.92 Å². The highest BCUT2D eigenvalue weighted by atomic mass is 28.4. The minimum absolute atomic E-state index is 0.00234. The molecule has 2 amide bonds. The molecule has 3 aliphatic heterocycles. The average Bonchev–Trinajstić information content (AvgIpc) is 3.28. The fourth-order valence-corrected chi connectivity index (χ4v) is 6.53. The third kappa shape index (κ3) is 5.09. The van der Waals surface area contributed by atoms with Crippen LogP contribution in [0, 0.1) is 5.92 Å². The SMILES string of the molecule is C=CCOC(=O)N1CC(=C)C[C@H]1C=C(C)C1=C(C(=O)O)N2C(=O)[C@H]([C@@H](C)O[Si](C)(C)C(C)(C)C)[C@H]2C1. The van der Waals surface area contributed by atoms with Crippen LogP contribution in [0.5, 0.6) is 0 Å². The molecule has 198 valence electrons. The fraction of sp³-hybridized carbons (Fsp3) is 0.593. The van der Waals surface area contributed by atoms with Gasteiger partial charge in [0.2, 0.25) is 5.91 Å². The van der Waals surface area contributed by atoms with Crippen LogP contribution in [0.4, 0.5) is 4.79 Å². The number of rotatable bonds is 8. The molecule has 0 spiro atoms. The number of carbonyl (C=O) groups is 3. The summed E-state index contributed by atoms with van der Waals surface area (Å²) in [5, 5.41) is 10.0. The van der Waals surface area contributed by atoms with Crippen LogP contribution in [0.1, 0.15) is 47.5 Å². The minimum atomic E-state index is -2.10. The number of β-lactam (4-membered cyclic amide) rings is 1. The van der Waals surface area contributed by atoms with E-state index in [9.17, 15) is 19.5 Å². The van der Waals surface area contributed by atoms with Gasteiger partial charge in [0.15, 0.2) is 8.32 Å². The van der Waals surface area contributed by atoms with Crippen LogP contribution < -0.4 is 0 Å². The molecule has 0 aliphatic carbocycles. The number of ether oxygens (including phenoxy) is 1. The minimum Gasteiger partial charge on any atom is -0.477 e. The smallest absolute Gasteiger partial charge is 0.410 e. The van der Waals surface area contributed by atoms with E-state index in [1.807, 2.05) is 19.9 Å². The number of hydrogen-bond donors (Lipinski definition) is 1. The molecule has 2 saturated heterocycles. The molecule has 0 saturated carbocycles. The van der Waals surface area contributed by atoms with E-state index >= 15 is 0 Å². The molecule has 3 heterocycles. The molecular formula is C27H40N2O6Si. The normalized spacial score (nSPS) is 25.6. The van der Waals surface area contributed by atoms with Crippen molar-refractivity contribution in [3.8, 4) is 0 Å². The van der Waals surface area contributed by atoms with E-state index in [-0.39, 0.29) is 47.4 Å². The first kappa shape index (κ1) is 27.9. The van der Waals surface area contributed by atoms with Gasteiger partial charge in [0.05, 0.1) is 24.1 Å². The number of carboxylic acids is 1. The lowest BCUT2D eigenvalue weighted by molar-refractivity contribution is -0.160. The molecule has 36 heavy (non-hydrogen) atoms. The summed E-state index contributed by atoms with van der Waals surface area (Å²) < 4.78 is 11.7. The first-order chi connectivity index (χ1) is 16.6. The highest BCUT2D eigenvalue weighted by Crippen LogP contribution is 2.48. The second kappa shape index (κ2) is 10.0. The summed E-state index contributed by atoms with van der Waals surface area (Å²) in [4.78, 5) is 41.0. The van der Waals surface area contributed by atoms with Crippen LogP contribution in [-0.2, 0) is 18.8 Å². The molecule has 2 fully saturated rings. The summed E-state index contributed by atoms with van der Waals surface area (Å²) >= 11 is 0. The van der Waals surface area contributed by atoms with Crippen molar-refractivity contribution in [2.45, 2.75) is 83.8 Å². The Balaban J connectivity index is 1.83. The number of hydrogen-bond acceptors (Lipinski definition) is 5. The highest BCUT2D eigenvalue weighted by Gasteiger charge is 2.58. The van der Waals surface area contributed by atoms with Gasteiger partial charge in [-0.3, -0.25) is 9.69 Å². The number of carbonyl (C=O) groups excluding carboxylic acids is 2. The standard InChI is InChI=1S/C27H40N2O6Si/c1-10-11-34-26(33)28-15-16(2)12-19(28)13-17(3)20-14-21-22(24(30)29(21)23(20)25(31)32)18(4)35-36(8,9)27(5,6)7/h10,13,18-19,21-22H,1-2,11-12,14-15H2,3-9H3,(H,31,32)/t18-,19+,21-,22-/m1/s1. The van der Waals surface area contributed by atoms with Crippen molar-refractivity contribution >= 4 is 26.3 Å². The first-order valence-corrected chi connectivity index (χ1v) is 15.4. The maximum atomic E-state index is 13.2. The molecule has 0 unspecified atom stereocenters. The summed E-state index contributed by atoms with van der Waals surface area (Å²) in [5.74, 6) is -1.70. The van der Waals surface area contributed by atoms with E-state index in [2.05, 4.69) is 47.0 Å². The van der Waals surface area contributed by atoms with Crippen LogP contribution >= 0.6 is 0 Å². The molecule has 0 bridgehead atoms. The number of likely N-dealkylation sites (tertiary alicyclic amines) is 1. The average molecular weight is 517 g/mol. The maximum Gasteiger partial charge on any atom is 0.410 e. The molecule has 0 radical (unpaired) electrons. The van der Waals surface area contributed by atoms with E-state index in [0.717, 1.165) is 11.1 Å². The second-order valence-corrected chi connectivity index (χ2v) is 16.3. The summed E-state index contributed by atoms with van der Waals surface area (Å²) in [7, 11) is -2.10. The second-order valence-electron chi connectivity index (χ2n) is 11.6. The molecular weight excluding hydrogens is 476 g/mol. The molecule has 0 aromatic rings. The van der Waals surface area contributed by atoms with Crippen LogP contribution in [0.2, 0.25) is 18.1 Å². The number of carboxylic acid groups (broad SMARTS) is 1. The Morgan fingerprint density at radius 3 is 2.47 bits per heavy atom. The molecule has 0 aromatic heterocycles. The van der Waals surface area contributed by atoms with Gasteiger partial charge >= 0.3 is 12.1 Å². The molecule has 3 aliphatic rings. The Morgan fingerprint density at radius 2 is 1.92 bits per heavy atom. The third-order valence-electron chi connectivity index (χ3n) is 7.97. The summed E-state index contributed by atoms with van der Waals surface area (Å²) in [6, 6.07) is -0.535. The van der Waals surface area contributed by atoms with E-state index in [0.29, 0.717) is 25.0 Å². The van der Waals surface area contributed by atoms with E-state index in [1.54, 1.807) is 4.90 Å². The van der Waals surface area contributed by atoms with Gasteiger partial charge in [-0.15, -0.1) is 0 Å². The third-order valence-corrected chi connectivity index (χ3v) is 12.5. The number of allylic oxidation sites excluding steroid dienone is 1. The van der Waals surface area contributed by atoms with Gasteiger partial charge < -0.3 is 19.2 Å². The lowest BCUT2D eigenvalue weighted by Gasteiger charge is -2.48. The zero-order chi connectivity index (χ0) is 27.2. The van der Waals surface area contributed by atoms with Crippen LogP contribution in [0.25, 0.3) is 0 Å². The van der Waals surface area contributed by atoms with Gasteiger partial charge in [0.25, 0.3) is 0 Å². The van der Waals surface area contributed by atoms with Crippen LogP contribution in [0.3, 0.4) is 0 Å². The zero-order valence-corrected chi connectivity index (χ0v) is 23.6. The predicted octanol–water partition coefficient (Wildman–Crippen LogP) is 4.87. The van der Waals surface area contributed by atoms with Crippen molar-refractivity contribution in [3.05, 3.63) is 47.7 Å². The Morgan fingerprint density at radius 1 is 1.28 bits per heavy atom. The van der Waals surface area contributed by atoms with Crippen molar-refractivity contribution in [3.63, 3.8) is 0 Å². The van der Waals surface area contributed by atoms with Gasteiger partial charge in [0.1, 0.15) is 12.3 Å². The summed E-state index contributed by atoms with van der Waals surface area (Å²) in [6.45, 7) is 22.6. The Labute approximate surface area is 215 Å². The highest BCUT2D eigenvalue weighted by molar-refractivity contribution is 6.74. The van der Waals surface area contributed by atoms with E-state index < -0.39 is 20.4 Å². The lowest BCUT2D eigenvalue weighted by atomic mass is 9.82. The lowest BCUT2D eigenvalue weighted by Crippen LogP contribution is -2.63. The summed E-state index contributed by atoms with van der Waals surface area (Å²) in [5.41, 5.74) is 2.30. The van der Waals surface area contributed by atoms with Crippen molar-refractivity contribution in [1.82, 2.24) is 9.80 Å². The van der Waals surface area contributed by atoms with Crippen LogP contribution in [-0.4, -0.2) is 72.5 Å². The Bertz CT molecular complexity index is 1040. The van der Waals surface area contributed by atoms with Gasteiger partial charge in [-0.1, -0.05) is 51.7 Å². The van der Waals surface area contributed by atoms with E-state index in [4.69, 9.17) is 9.16 Å². The number of fused-ring (bicyclic) bond motifs is 1. The van der Waals surface area contributed by atoms with Gasteiger partial charge in [0, 0.05) is 6.54 Å². The zero-order valence-electron chi connectivity index (χ0n) is 22.6. The first-order valence-electron chi connectivity index (χ1n) is 12.5. The van der Waals surface area contributed by atoms with Crippen molar-refractivity contribution < 1.29 is 28.7 Å². The molecule has 3 rings (SSSR count). The Hall–Kier alpha value is -2.65. The number of aliphatic carboxylic acids is 1. The summed E-state index contributed by atoms with van der Waals surface area (Å²) in [6.07, 6.45) is 3.66. The molecule has 8 nitrogen and oxygen atoms in total. The monoisotopic (exact) mass is 516 g/mol.